The number of ether oxygens (including phenoxy) is 1. The predicted octanol–water partition coefficient (Wildman–Crippen LogP) is 2.82. The summed E-state index contributed by atoms with van der Waals surface area (Å²) in [6, 6.07) is 1.75. The quantitative estimate of drug-likeness (QED) is 0.555. The Morgan fingerprint density at radius 3 is 2.72 bits per heavy atom. The van der Waals surface area contributed by atoms with E-state index >= 15 is 0 Å². The number of aromatic nitrogens is 2. The zero-order valence-corrected chi connectivity index (χ0v) is 11.9. The van der Waals surface area contributed by atoms with Crippen molar-refractivity contribution in [1.82, 2.24) is 4.57 Å². The van der Waals surface area contributed by atoms with Crippen LogP contribution in [0.3, 0.4) is 0 Å². The number of hydrogen-bond donors (Lipinski definition) is 0. The van der Waals surface area contributed by atoms with Gasteiger partial charge in [-0.2, -0.15) is 4.73 Å². The summed E-state index contributed by atoms with van der Waals surface area (Å²) in [7, 11) is 0. The molecular weight excluding hydrogens is 300 g/mol. The minimum atomic E-state index is -0.576. The highest BCUT2D eigenvalue weighted by Gasteiger charge is 2.20. The maximum Gasteiger partial charge on any atom is 0.419 e. The second-order valence-electron chi connectivity index (χ2n) is 4.93. The van der Waals surface area contributed by atoms with Gasteiger partial charge in [-0.1, -0.05) is 0 Å². The molecule has 0 saturated heterocycles. The third-order valence-corrected chi connectivity index (χ3v) is 2.90. The van der Waals surface area contributed by atoms with E-state index in [0.29, 0.717) is 14.7 Å². The summed E-state index contributed by atoms with van der Waals surface area (Å²) in [5, 5.41) is 12.2. The van der Waals surface area contributed by atoms with Crippen LogP contribution in [0.25, 0.3) is 10.9 Å². The molecule has 0 aliphatic carbocycles. The Labute approximate surface area is 113 Å². The number of hydrogen-bond acceptors (Lipinski definition) is 3. The highest BCUT2D eigenvalue weighted by atomic mass is 79.9. The molecule has 96 valence electrons. The van der Waals surface area contributed by atoms with Crippen molar-refractivity contribution in [3.8, 4) is 0 Å². The monoisotopic (exact) mass is 312 g/mol. The van der Waals surface area contributed by atoms with Gasteiger partial charge in [0.15, 0.2) is 6.20 Å². The third kappa shape index (κ3) is 2.48. The van der Waals surface area contributed by atoms with Gasteiger partial charge in [0.1, 0.15) is 11.1 Å². The highest BCUT2D eigenvalue weighted by molar-refractivity contribution is 9.10. The fraction of sp³-hybridized carbons (Fsp3) is 0.333. The fourth-order valence-corrected chi connectivity index (χ4v) is 2.12. The lowest BCUT2D eigenvalue weighted by molar-refractivity contribution is -0.604. The molecule has 0 radical (unpaired) electrons. The average molecular weight is 313 g/mol. The molecule has 2 heterocycles. The number of fused-ring (bicyclic) bond motifs is 1. The van der Waals surface area contributed by atoms with Crippen LogP contribution in [0.5, 0.6) is 0 Å². The molecule has 0 unspecified atom stereocenters. The van der Waals surface area contributed by atoms with Gasteiger partial charge in [-0.05, 0) is 42.8 Å². The number of carbonyl (C=O) groups excluding carboxylic acids is 1. The van der Waals surface area contributed by atoms with E-state index in [-0.39, 0.29) is 0 Å². The number of pyridine rings is 1. The van der Waals surface area contributed by atoms with E-state index in [2.05, 4.69) is 15.9 Å². The van der Waals surface area contributed by atoms with Gasteiger partial charge >= 0.3 is 6.09 Å². The Morgan fingerprint density at radius 2 is 2.11 bits per heavy atom. The second-order valence-corrected chi connectivity index (χ2v) is 5.79. The molecule has 0 aromatic carbocycles. The van der Waals surface area contributed by atoms with Crippen LogP contribution < -0.4 is 4.73 Å². The summed E-state index contributed by atoms with van der Waals surface area (Å²) in [5.74, 6) is 0. The molecule has 2 aromatic rings. The normalized spacial score (nSPS) is 11.8. The molecule has 0 aliphatic heterocycles. The van der Waals surface area contributed by atoms with Gasteiger partial charge in [0.05, 0.1) is 4.47 Å². The first-order valence-electron chi connectivity index (χ1n) is 5.41. The van der Waals surface area contributed by atoms with Gasteiger partial charge in [-0.3, -0.25) is 0 Å². The van der Waals surface area contributed by atoms with E-state index in [1.807, 2.05) is 0 Å². The summed E-state index contributed by atoms with van der Waals surface area (Å²) in [4.78, 5) is 12.0. The molecule has 2 aromatic heterocycles. The van der Waals surface area contributed by atoms with Crippen LogP contribution in [0, 0.1) is 5.21 Å². The standard InChI is InChI=1S/C12H13BrN2O3/c1-12(2,3)18-11(16)15-5-4-8-9(13)6-14(17)7-10(8)15/h4-7H,1-3H3. The smallest absolute Gasteiger partial charge is 0.419 e. The zero-order valence-electron chi connectivity index (χ0n) is 10.3. The van der Waals surface area contributed by atoms with E-state index in [4.69, 9.17) is 4.74 Å². The van der Waals surface area contributed by atoms with Gasteiger partial charge in [0.25, 0.3) is 0 Å². The van der Waals surface area contributed by atoms with E-state index in [1.165, 1.54) is 17.0 Å². The molecule has 0 saturated carbocycles. The molecular formula is C12H13BrN2O3. The maximum absolute atomic E-state index is 12.0. The van der Waals surface area contributed by atoms with E-state index < -0.39 is 11.7 Å². The van der Waals surface area contributed by atoms with Crippen LogP contribution >= 0.6 is 15.9 Å². The average Bonchev–Trinajstić information content (AvgIpc) is 2.58. The van der Waals surface area contributed by atoms with Crippen molar-refractivity contribution in [2.45, 2.75) is 26.4 Å². The van der Waals surface area contributed by atoms with Gasteiger partial charge in [-0.15, -0.1) is 0 Å². The summed E-state index contributed by atoms with van der Waals surface area (Å²) < 4.78 is 7.87. The van der Waals surface area contributed by atoms with Gasteiger partial charge in [0.2, 0.25) is 6.20 Å². The first-order chi connectivity index (χ1) is 8.28. The van der Waals surface area contributed by atoms with Crippen molar-refractivity contribution < 1.29 is 14.3 Å². The Morgan fingerprint density at radius 1 is 1.44 bits per heavy atom. The Kier molecular flexibility index (Phi) is 3.06. The lowest BCUT2D eigenvalue weighted by Gasteiger charge is -2.19. The molecule has 0 bridgehead atoms. The van der Waals surface area contributed by atoms with Crippen molar-refractivity contribution in [2.75, 3.05) is 0 Å². The predicted molar refractivity (Wildman–Crippen MR) is 70.2 cm³/mol. The molecule has 2 rings (SSSR count). The van der Waals surface area contributed by atoms with Gasteiger partial charge in [0, 0.05) is 11.6 Å². The van der Waals surface area contributed by atoms with E-state index in [9.17, 15) is 10.0 Å². The molecule has 6 heteroatoms. The third-order valence-electron chi connectivity index (χ3n) is 2.26. The molecule has 0 atom stereocenters. The molecule has 0 amide bonds. The molecule has 18 heavy (non-hydrogen) atoms. The van der Waals surface area contributed by atoms with E-state index in [1.54, 1.807) is 33.0 Å². The van der Waals surface area contributed by atoms with Crippen molar-refractivity contribution in [3.05, 3.63) is 34.3 Å². The Hall–Kier alpha value is -1.56. The van der Waals surface area contributed by atoms with Crippen LogP contribution in [-0.2, 0) is 4.74 Å². The number of rotatable bonds is 0. The zero-order chi connectivity index (χ0) is 13.5. The topological polar surface area (TPSA) is 58.2 Å². The Balaban J connectivity index is 2.49. The molecule has 0 aliphatic rings. The lowest BCUT2D eigenvalue weighted by Crippen LogP contribution is -2.28. The molecule has 0 fully saturated rings. The van der Waals surface area contributed by atoms with Gasteiger partial charge in [-0.25, -0.2) is 9.36 Å². The molecule has 0 spiro atoms. The van der Waals surface area contributed by atoms with Crippen molar-refractivity contribution in [3.63, 3.8) is 0 Å². The van der Waals surface area contributed by atoms with Crippen LogP contribution in [-0.4, -0.2) is 16.3 Å². The van der Waals surface area contributed by atoms with Crippen LogP contribution in [0.4, 0.5) is 4.79 Å². The van der Waals surface area contributed by atoms with Crippen LogP contribution in [0.15, 0.2) is 29.1 Å². The Bertz CT molecular complexity index is 614. The van der Waals surface area contributed by atoms with Crippen molar-refractivity contribution in [1.29, 1.82) is 0 Å². The summed E-state index contributed by atoms with van der Waals surface area (Å²) in [6.07, 6.45) is 3.81. The lowest BCUT2D eigenvalue weighted by atomic mass is 10.2. The van der Waals surface area contributed by atoms with Crippen molar-refractivity contribution >= 4 is 32.9 Å². The van der Waals surface area contributed by atoms with Crippen LogP contribution in [0.2, 0.25) is 0 Å². The molecule has 0 N–H and O–H groups in total. The highest BCUT2D eigenvalue weighted by Crippen LogP contribution is 2.23. The fourth-order valence-electron chi connectivity index (χ4n) is 1.59. The number of carbonyl (C=O) groups is 1. The van der Waals surface area contributed by atoms with Crippen LogP contribution in [0.1, 0.15) is 20.8 Å². The SMILES string of the molecule is CC(C)(C)OC(=O)n1ccc2c(Br)c[n+]([O-])cc21. The first-order valence-corrected chi connectivity index (χ1v) is 6.20. The van der Waals surface area contributed by atoms with Crippen molar-refractivity contribution in [2.24, 2.45) is 0 Å². The first kappa shape index (κ1) is 12.9. The minimum Gasteiger partial charge on any atom is -0.619 e. The maximum atomic E-state index is 12.0. The minimum absolute atomic E-state index is 0.504. The molecule has 5 nitrogen and oxygen atoms in total. The summed E-state index contributed by atoms with van der Waals surface area (Å²) >= 11 is 3.29. The number of halogens is 1. The number of nitrogens with zero attached hydrogens (tertiary/aromatic N) is 2. The second kappa shape index (κ2) is 4.28. The summed E-state index contributed by atoms with van der Waals surface area (Å²) in [5.41, 5.74) is -0.0683. The van der Waals surface area contributed by atoms with E-state index in [0.717, 1.165) is 5.39 Å². The van der Waals surface area contributed by atoms with Gasteiger partial charge < -0.3 is 9.94 Å². The largest absolute Gasteiger partial charge is 0.619 e. The summed E-state index contributed by atoms with van der Waals surface area (Å²) in [6.45, 7) is 5.38.